The lowest BCUT2D eigenvalue weighted by molar-refractivity contribution is -0.140. The standard InChI is InChI=1S/C24H24FNO5/c1-4-31-24(29)22-15(2)26(14-16-9-11-17(12-10-16)23(28)30-3)21(27)13-19(22)18-7-5-6-8-20(18)25/h5-12,19H,4,13-14H2,1-3H3. The first-order valence-corrected chi connectivity index (χ1v) is 9.97. The van der Waals surface area contributed by atoms with Crippen molar-refractivity contribution in [2.24, 2.45) is 0 Å². The maximum Gasteiger partial charge on any atom is 0.337 e. The van der Waals surface area contributed by atoms with E-state index in [0.29, 0.717) is 16.8 Å². The summed E-state index contributed by atoms with van der Waals surface area (Å²) in [5.74, 6) is -2.43. The summed E-state index contributed by atoms with van der Waals surface area (Å²) in [5.41, 5.74) is 2.17. The molecule has 162 valence electrons. The molecule has 6 nitrogen and oxygen atoms in total. The van der Waals surface area contributed by atoms with Crippen molar-refractivity contribution in [1.82, 2.24) is 4.90 Å². The van der Waals surface area contributed by atoms with Crippen LogP contribution in [0.2, 0.25) is 0 Å². The second-order valence-electron chi connectivity index (χ2n) is 7.17. The molecule has 0 aromatic heterocycles. The third-order valence-corrected chi connectivity index (χ3v) is 5.31. The van der Waals surface area contributed by atoms with Crippen LogP contribution in [0.4, 0.5) is 4.39 Å². The van der Waals surface area contributed by atoms with Crippen molar-refractivity contribution in [2.75, 3.05) is 13.7 Å². The second kappa shape index (κ2) is 9.55. The van der Waals surface area contributed by atoms with Gasteiger partial charge in [0.25, 0.3) is 0 Å². The molecule has 0 aliphatic carbocycles. The molecule has 1 amide bonds. The summed E-state index contributed by atoms with van der Waals surface area (Å²) in [6, 6.07) is 12.8. The Kier molecular flexibility index (Phi) is 6.84. The van der Waals surface area contributed by atoms with Gasteiger partial charge in [0.05, 0.1) is 31.4 Å². The van der Waals surface area contributed by atoms with Crippen LogP contribution in [-0.4, -0.2) is 36.5 Å². The largest absolute Gasteiger partial charge is 0.465 e. The van der Waals surface area contributed by atoms with Crippen LogP contribution in [0.1, 0.15) is 47.7 Å². The van der Waals surface area contributed by atoms with Gasteiger partial charge in [-0.15, -0.1) is 0 Å². The molecular formula is C24H24FNO5. The summed E-state index contributed by atoms with van der Waals surface area (Å²) < 4.78 is 24.4. The highest BCUT2D eigenvalue weighted by Gasteiger charge is 2.37. The van der Waals surface area contributed by atoms with E-state index in [1.807, 2.05) is 0 Å². The van der Waals surface area contributed by atoms with Gasteiger partial charge in [0.2, 0.25) is 5.91 Å². The van der Waals surface area contributed by atoms with Gasteiger partial charge < -0.3 is 14.4 Å². The fraction of sp³-hybridized carbons (Fsp3) is 0.292. The summed E-state index contributed by atoms with van der Waals surface area (Å²) in [7, 11) is 1.31. The van der Waals surface area contributed by atoms with Crippen molar-refractivity contribution >= 4 is 17.8 Å². The van der Waals surface area contributed by atoms with Crippen molar-refractivity contribution < 1.29 is 28.2 Å². The average molecular weight is 425 g/mol. The molecule has 0 spiro atoms. The zero-order chi connectivity index (χ0) is 22.5. The Morgan fingerprint density at radius 1 is 1.10 bits per heavy atom. The van der Waals surface area contributed by atoms with Crippen molar-refractivity contribution in [2.45, 2.75) is 32.7 Å². The van der Waals surface area contributed by atoms with Crippen LogP contribution in [0.25, 0.3) is 0 Å². The number of ether oxygens (including phenoxy) is 2. The predicted octanol–water partition coefficient (Wildman–Crippen LogP) is 3.97. The van der Waals surface area contributed by atoms with E-state index in [-0.39, 0.29) is 31.1 Å². The zero-order valence-electron chi connectivity index (χ0n) is 17.7. The zero-order valence-corrected chi connectivity index (χ0v) is 17.7. The number of hydrogen-bond acceptors (Lipinski definition) is 5. The molecule has 2 aromatic rings. The first-order valence-electron chi connectivity index (χ1n) is 9.97. The van der Waals surface area contributed by atoms with E-state index >= 15 is 0 Å². The van der Waals surface area contributed by atoms with E-state index < -0.39 is 23.7 Å². The molecule has 0 saturated carbocycles. The van der Waals surface area contributed by atoms with E-state index in [4.69, 9.17) is 9.47 Å². The highest BCUT2D eigenvalue weighted by atomic mass is 19.1. The lowest BCUT2D eigenvalue weighted by atomic mass is 9.83. The van der Waals surface area contributed by atoms with E-state index in [9.17, 15) is 18.8 Å². The molecule has 0 bridgehead atoms. The Labute approximate surface area is 180 Å². The number of carbonyl (C=O) groups is 3. The van der Waals surface area contributed by atoms with Crippen LogP contribution in [0, 0.1) is 5.82 Å². The molecular weight excluding hydrogens is 401 g/mol. The lowest BCUT2D eigenvalue weighted by Gasteiger charge is -2.34. The van der Waals surface area contributed by atoms with Crippen molar-refractivity contribution in [3.63, 3.8) is 0 Å². The summed E-state index contributed by atoms with van der Waals surface area (Å²) in [5, 5.41) is 0. The average Bonchev–Trinajstić information content (AvgIpc) is 2.76. The van der Waals surface area contributed by atoms with E-state index in [1.165, 1.54) is 18.1 Å². The normalized spacial score (nSPS) is 16.3. The number of halogens is 1. The van der Waals surface area contributed by atoms with Crippen LogP contribution in [0.15, 0.2) is 59.8 Å². The van der Waals surface area contributed by atoms with Crippen LogP contribution < -0.4 is 0 Å². The van der Waals surface area contributed by atoms with Gasteiger partial charge in [-0.3, -0.25) is 4.79 Å². The minimum atomic E-state index is -0.717. The van der Waals surface area contributed by atoms with Crippen LogP contribution in [0.5, 0.6) is 0 Å². The number of methoxy groups -OCH3 is 1. The minimum Gasteiger partial charge on any atom is -0.465 e. The summed E-state index contributed by atoms with van der Waals surface area (Å²) >= 11 is 0. The highest BCUT2D eigenvalue weighted by Crippen LogP contribution is 2.38. The van der Waals surface area contributed by atoms with Crippen molar-refractivity contribution in [3.8, 4) is 0 Å². The smallest absolute Gasteiger partial charge is 0.337 e. The van der Waals surface area contributed by atoms with Gasteiger partial charge in [0.15, 0.2) is 0 Å². The number of benzene rings is 2. The summed E-state index contributed by atoms with van der Waals surface area (Å²) in [6.07, 6.45) is -0.0489. The summed E-state index contributed by atoms with van der Waals surface area (Å²) in [6.45, 7) is 3.74. The Morgan fingerprint density at radius 3 is 2.39 bits per heavy atom. The van der Waals surface area contributed by atoms with Gasteiger partial charge in [0.1, 0.15) is 5.82 Å². The number of nitrogens with zero attached hydrogens (tertiary/aromatic N) is 1. The second-order valence-corrected chi connectivity index (χ2v) is 7.17. The Bertz CT molecular complexity index is 1030. The van der Waals surface area contributed by atoms with Gasteiger partial charge in [-0.25, -0.2) is 14.0 Å². The third-order valence-electron chi connectivity index (χ3n) is 5.31. The molecule has 31 heavy (non-hydrogen) atoms. The Morgan fingerprint density at radius 2 is 1.77 bits per heavy atom. The maximum atomic E-state index is 14.5. The number of rotatable bonds is 6. The Balaban J connectivity index is 1.98. The molecule has 1 heterocycles. The third kappa shape index (κ3) is 4.66. The highest BCUT2D eigenvalue weighted by molar-refractivity contribution is 5.96. The predicted molar refractivity (Wildman–Crippen MR) is 111 cm³/mol. The monoisotopic (exact) mass is 425 g/mol. The van der Waals surface area contributed by atoms with E-state index in [2.05, 4.69) is 0 Å². The van der Waals surface area contributed by atoms with Crippen LogP contribution in [-0.2, 0) is 25.6 Å². The number of amides is 1. The fourth-order valence-electron chi connectivity index (χ4n) is 3.75. The number of allylic oxidation sites excluding steroid dienone is 1. The summed E-state index contributed by atoms with van der Waals surface area (Å²) in [4.78, 5) is 38.9. The lowest BCUT2D eigenvalue weighted by Crippen LogP contribution is -2.38. The minimum absolute atomic E-state index is 0.0489. The molecule has 0 radical (unpaired) electrons. The Hall–Kier alpha value is -3.48. The van der Waals surface area contributed by atoms with Gasteiger partial charge in [-0.2, -0.15) is 0 Å². The number of esters is 2. The van der Waals surface area contributed by atoms with Gasteiger partial charge in [-0.1, -0.05) is 30.3 Å². The molecule has 0 fully saturated rings. The maximum absolute atomic E-state index is 14.5. The molecule has 1 aliphatic heterocycles. The molecule has 0 saturated heterocycles. The first-order chi connectivity index (χ1) is 14.9. The van der Waals surface area contributed by atoms with Crippen LogP contribution >= 0.6 is 0 Å². The van der Waals surface area contributed by atoms with Gasteiger partial charge >= 0.3 is 11.9 Å². The molecule has 1 unspecified atom stereocenters. The van der Waals surface area contributed by atoms with Gasteiger partial charge in [-0.05, 0) is 43.2 Å². The van der Waals surface area contributed by atoms with Crippen LogP contribution in [0.3, 0.4) is 0 Å². The molecule has 7 heteroatoms. The van der Waals surface area contributed by atoms with Crippen molar-refractivity contribution in [3.05, 3.63) is 82.3 Å². The molecule has 1 aliphatic rings. The molecule has 0 N–H and O–H groups in total. The van der Waals surface area contributed by atoms with Gasteiger partial charge in [0, 0.05) is 18.0 Å². The fourth-order valence-corrected chi connectivity index (χ4v) is 3.75. The quantitative estimate of drug-likeness (QED) is 0.655. The molecule has 3 rings (SSSR count). The van der Waals surface area contributed by atoms with E-state index in [0.717, 1.165) is 5.56 Å². The first kappa shape index (κ1) is 22.2. The van der Waals surface area contributed by atoms with Crippen molar-refractivity contribution in [1.29, 1.82) is 0 Å². The topological polar surface area (TPSA) is 72.9 Å². The SMILES string of the molecule is CCOC(=O)C1=C(C)N(Cc2ccc(C(=O)OC)cc2)C(=O)CC1c1ccccc1F. The molecule has 2 aromatic carbocycles. The molecule has 1 atom stereocenters. The number of hydrogen-bond donors (Lipinski definition) is 0. The van der Waals surface area contributed by atoms with E-state index in [1.54, 1.807) is 56.3 Å². The number of carbonyl (C=O) groups excluding carboxylic acids is 3.